The van der Waals surface area contributed by atoms with Crippen LogP contribution in [-0.4, -0.2) is 25.1 Å². The molecule has 0 saturated heterocycles. The van der Waals surface area contributed by atoms with Gasteiger partial charge in [-0.25, -0.2) is 13.5 Å². The van der Waals surface area contributed by atoms with Gasteiger partial charge in [-0.3, -0.25) is 4.90 Å². The summed E-state index contributed by atoms with van der Waals surface area (Å²) in [6, 6.07) is 16.4. The van der Waals surface area contributed by atoms with Gasteiger partial charge < -0.3 is 4.42 Å². The van der Waals surface area contributed by atoms with Crippen LogP contribution in [0.2, 0.25) is 0 Å². The molecule has 0 unspecified atom stereocenters. The van der Waals surface area contributed by atoms with Gasteiger partial charge in [-0.1, -0.05) is 24.3 Å². The van der Waals surface area contributed by atoms with Crippen LogP contribution in [0.4, 0.5) is 8.78 Å². The summed E-state index contributed by atoms with van der Waals surface area (Å²) < 4.78 is 33.5. The summed E-state index contributed by atoms with van der Waals surface area (Å²) in [6.07, 6.45) is 1.63. The molecule has 6 nitrogen and oxygen atoms in total. The van der Waals surface area contributed by atoms with Gasteiger partial charge in [0.05, 0.1) is 25.9 Å². The molecule has 0 amide bonds. The van der Waals surface area contributed by atoms with Crippen molar-refractivity contribution in [1.82, 2.24) is 25.1 Å². The van der Waals surface area contributed by atoms with E-state index in [1.165, 1.54) is 24.3 Å². The molecule has 0 bridgehead atoms. The van der Waals surface area contributed by atoms with E-state index in [0.29, 0.717) is 32.0 Å². The second-order valence-corrected chi connectivity index (χ2v) is 6.73. The van der Waals surface area contributed by atoms with Crippen LogP contribution in [0.15, 0.2) is 71.3 Å². The number of halogens is 2. The predicted molar refractivity (Wildman–Crippen MR) is 101 cm³/mol. The third-order valence-corrected chi connectivity index (χ3v) is 4.50. The number of hydrogen-bond acceptors (Lipinski definition) is 5. The van der Waals surface area contributed by atoms with Gasteiger partial charge in [0, 0.05) is 6.54 Å². The summed E-state index contributed by atoms with van der Waals surface area (Å²) >= 11 is 0. The standard InChI is InChI=1S/C21H19F2N5O/c22-18-7-3-16(4-8-18)12-27(14-20-2-1-11-29-20)15-21-24-25-26-28(21)13-17-5-9-19(23)10-6-17/h1-11H,12-15H2. The quantitative estimate of drug-likeness (QED) is 0.454. The lowest BCUT2D eigenvalue weighted by Gasteiger charge is -2.21. The summed E-state index contributed by atoms with van der Waals surface area (Å²) in [5.74, 6) is 0.928. The minimum atomic E-state index is -0.283. The molecule has 0 spiro atoms. The highest BCUT2D eigenvalue weighted by atomic mass is 19.1. The van der Waals surface area contributed by atoms with Crippen molar-refractivity contribution in [3.63, 3.8) is 0 Å². The van der Waals surface area contributed by atoms with Crippen molar-refractivity contribution in [3.8, 4) is 0 Å². The van der Waals surface area contributed by atoms with E-state index < -0.39 is 0 Å². The molecular weight excluding hydrogens is 376 g/mol. The Morgan fingerprint density at radius 2 is 1.52 bits per heavy atom. The lowest BCUT2D eigenvalue weighted by atomic mass is 10.2. The maximum atomic E-state index is 13.2. The minimum Gasteiger partial charge on any atom is -0.468 e. The first-order valence-electron chi connectivity index (χ1n) is 9.14. The lowest BCUT2D eigenvalue weighted by molar-refractivity contribution is 0.217. The van der Waals surface area contributed by atoms with E-state index in [-0.39, 0.29) is 11.6 Å². The van der Waals surface area contributed by atoms with Gasteiger partial charge in [-0.15, -0.1) is 5.10 Å². The van der Waals surface area contributed by atoms with Crippen LogP contribution in [0.3, 0.4) is 0 Å². The Bertz CT molecular complexity index is 1030. The zero-order valence-electron chi connectivity index (χ0n) is 15.6. The van der Waals surface area contributed by atoms with Gasteiger partial charge in [0.25, 0.3) is 0 Å². The lowest BCUT2D eigenvalue weighted by Crippen LogP contribution is -2.24. The molecule has 2 aromatic carbocycles. The summed E-state index contributed by atoms with van der Waals surface area (Å²) in [4.78, 5) is 2.11. The molecular formula is C21H19F2N5O. The van der Waals surface area contributed by atoms with Gasteiger partial charge in [0.2, 0.25) is 0 Å². The van der Waals surface area contributed by atoms with Gasteiger partial charge in [0.15, 0.2) is 5.82 Å². The maximum absolute atomic E-state index is 13.2. The molecule has 29 heavy (non-hydrogen) atoms. The first kappa shape index (κ1) is 18.9. The molecule has 0 aliphatic heterocycles. The van der Waals surface area contributed by atoms with Gasteiger partial charge in [0.1, 0.15) is 17.4 Å². The summed E-state index contributed by atoms with van der Waals surface area (Å²) in [5, 5.41) is 12.0. The topological polar surface area (TPSA) is 60.0 Å². The summed E-state index contributed by atoms with van der Waals surface area (Å²) in [5.41, 5.74) is 1.87. The average molecular weight is 395 g/mol. The largest absolute Gasteiger partial charge is 0.468 e. The van der Waals surface area contributed by atoms with E-state index in [9.17, 15) is 8.78 Å². The number of aromatic nitrogens is 4. The Kier molecular flexibility index (Phi) is 5.71. The van der Waals surface area contributed by atoms with E-state index in [2.05, 4.69) is 20.4 Å². The van der Waals surface area contributed by atoms with Crippen LogP contribution in [0.5, 0.6) is 0 Å². The number of furan rings is 1. The van der Waals surface area contributed by atoms with Gasteiger partial charge in [-0.2, -0.15) is 0 Å². The molecule has 148 valence electrons. The maximum Gasteiger partial charge on any atom is 0.165 e. The van der Waals surface area contributed by atoms with Crippen LogP contribution in [0.1, 0.15) is 22.7 Å². The first-order chi connectivity index (χ1) is 14.2. The predicted octanol–water partition coefficient (Wildman–Crippen LogP) is 3.80. The average Bonchev–Trinajstić information content (AvgIpc) is 3.38. The zero-order chi connectivity index (χ0) is 20.1. The fourth-order valence-electron chi connectivity index (χ4n) is 3.06. The third-order valence-electron chi connectivity index (χ3n) is 4.50. The molecule has 4 aromatic rings. The Morgan fingerprint density at radius 1 is 0.828 bits per heavy atom. The molecule has 0 aliphatic carbocycles. The molecule has 0 radical (unpaired) electrons. The second-order valence-electron chi connectivity index (χ2n) is 6.73. The normalized spacial score (nSPS) is 11.3. The molecule has 0 aliphatic rings. The van der Waals surface area contributed by atoms with Crippen LogP contribution in [0.25, 0.3) is 0 Å². The van der Waals surface area contributed by atoms with Crippen molar-refractivity contribution in [1.29, 1.82) is 0 Å². The van der Waals surface area contributed by atoms with Crippen LogP contribution in [-0.2, 0) is 26.2 Å². The smallest absolute Gasteiger partial charge is 0.165 e. The van der Waals surface area contributed by atoms with E-state index in [4.69, 9.17) is 4.42 Å². The van der Waals surface area contributed by atoms with Crippen molar-refractivity contribution in [2.75, 3.05) is 0 Å². The number of nitrogens with zero attached hydrogens (tertiary/aromatic N) is 5. The van der Waals surface area contributed by atoms with E-state index >= 15 is 0 Å². The van der Waals surface area contributed by atoms with Gasteiger partial charge in [-0.05, 0) is 58.0 Å². The molecule has 0 N–H and O–H groups in total. The van der Waals surface area contributed by atoms with Crippen molar-refractivity contribution < 1.29 is 13.2 Å². The number of hydrogen-bond donors (Lipinski definition) is 0. The van der Waals surface area contributed by atoms with Crippen LogP contribution in [0, 0.1) is 11.6 Å². The third kappa shape index (κ3) is 5.11. The second kappa shape index (κ2) is 8.74. The molecule has 2 heterocycles. The van der Waals surface area contributed by atoms with Crippen molar-refractivity contribution in [2.24, 2.45) is 0 Å². The number of rotatable bonds is 8. The van der Waals surface area contributed by atoms with Gasteiger partial charge >= 0.3 is 0 Å². The fraction of sp³-hybridized carbons (Fsp3) is 0.190. The van der Waals surface area contributed by atoms with E-state index in [1.807, 2.05) is 12.1 Å². The SMILES string of the molecule is Fc1ccc(CN(Cc2ccco2)Cc2nnnn2Cc2ccc(F)cc2)cc1. The fourth-order valence-corrected chi connectivity index (χ4v) is 3.06. The molecule has 0 saturated carbocycles. The monoisotopic (exact) mass is 395 g/mol. The molecule has 2 aromatic heterocycles. The molecule has 0 atom stereocenters. The summed E-state index contributed by atoms with van der Waals surface area (Å²) in [7, 11) is 0. The highest BCUT2D eigenvalue weighted by Gasteiger charge is 2.15. The Morgan fingerprint density at radius 3 is 2.17 bits per heavy atom. The number of tetrazole rings is 1. The highest BCUT2D eigenvalue weighted by molar-refractivity contribution is 5.17. The molecule has 0 fully saturated rings. The Balaban J connectivity index is 1.51. The van der Waals surface area contributed by atoms with Crippen molar-refractivity contribution in [3.05, 3.63) is 101 Å². The Labute approximate surface area is 166 Å². The highest BCUT2D eigenvalue weighted by Crippen LogP contribution is 2.15. The van der Waals surface area contributed by atoms with E-state index in [0.717, 1.165) is 16.9 Å². The van der Waals surface area contributed by atoms with Crippen LogP contribution >= 0.6 is 0 Å². The van der Waals surface area contributed by atoms with E-state index in [1.54, 1.807) is 35.2 Å². The zero-order valence-corrected chi connectivity index (χ0v) is 15.6. The molecule has 8 heteroatoms. The first-order valence-corrected chi connectivity index (χ1v) is 9.14. The van der Waals surface area contributed by atoms with Crippen molar-refractivity contribution >= 4 is 0 Å². The Hall–Kier alpha value is -3.39. The summed E-state index contributed by atoms with van der Waals surface area (Å²) in [6.45, 7) is 2.03. The van der Waals surface area contributed by atoms with Crippen molar-refractivity contribution in [2.45, 2.75) is 26.2 Å². The minimum absolute atomic E-state index is 0.269. The number of benzene rings is 2. The molecule has 4 rings (SSSR count). The van der Waals surface area contributed by atoms with Crippen LogP contribution < -0.4 is 0 Å².